The first-order valence-corrected chi connectivity index (χ1v) is 7.89. The van der Waals surface area contributed by atoms with Crippen molar-refractivity contribution >= 4 is 5.91 Å². The quantitative estimate of drug-likeness (QED) is 0.894. The van der Waals surface area contributed by atoms with Gasteiger partial charge in [-0.15, -0.1) is 0 Å². The second-order valence-corrected chi connectivity index (χ2v) is 5.80. The summed E-state index contributed by atoms with van der Waals surface area (Å²) >= 11 is 0. The van der Waals surface area contributed by atoms with Crippen molar-refractivity contribution in [3.05, 3.63) is 35.4 Å². The number of nitrogens with one attached hydrogen (secondary N) is 1. The zero-order chi connectivity index (χ0) is 15.2. The highest BCUT2D eigenvalue weighted by Crippen LogP contribution is 2.17. The first-order valence-electron chi connectivity index (χ1n) is 7.89. The standard InChI is InChI=1S/C17H27N3O/c1-4-15-13-20(12-11-19(15)3)17(21)16-8-6-5-7-14(16)9-10-18-2/h5-8,15,18H,4,9-13H2,1-3H3. The molecule has 0 spiro atoms. The molecule has 0 aliphatic carbocycles. The summed E-state index contributed by atoms with van der Waals surface area (Å²) in [5, 5.41) is 3.15. The Hall–Kier alpha value is -1.39. The Morgan fingerprint density at radius 3 is 2.81 bits per heavy atom. The molecule has 1 atom stereocenters. The second kappa shape index (κ2) is 7.57. The average Bonchev–Trinajstić information content (AvgIpc) is 2.53. The van der Waals surface area contributed by atoms with E-state index in [1.807, 2.05) is 30.1 Å². The fourth-order valence-electron chi connectivity index (χ4n) is 2.95. The topological polar surface area (TPSA) is 35.6 Å². The van der Waals surface area contributed by atoms with E-state index in [-0.39, 0.29) is 5.91 Å². The smallest absolute Gasteiger partial charge is 0.254 e. The van der Waals surface area contributed by atoms with Crippen LogP contribution in [0.4, 0.5) is 0 Å². The van der Waals surface area contributed by atoms with Crippen LogP contribution in [-0.2, 0) is 6.42 Å². The minimum absolute atomic E-state index is 0.188. The van der Waals surface area contributed by atoms with Crippen LogP contribution >= 0.6 is 0 Å². The molecule has 1 fully saturated rings. The van der Waals surface area contributed by atoms with Crippen LogP contribution in [0, 0.1) is 0 Å². The van der Waals surface area contributed by atoms with E-state index in [9.17, 15) is 4.79 Å². The summed E-state index contributed by atoms with van der Waals surface area (Å²) < 4.78 is 0. The normalized spacial score (nSPS) is 19.8. The number of nitrogens with zero attached hydrogens (tertiary/aromatic N) is 2. The van der Waals surface area contributed by atoms with Gasteiger partial charge in [-0.3, -0.25) is 9.69 Å². The van der Waals surface area contributed by atoms with Crippen molar-refractivity contribution in [3.8, 4) is 0 Å². The van der Waals surface area contributed by atoms with Crippen LogP contribution in [0.5, 0.6) is 0 Å². The Labute approximate surface area is 128 Å². The maximum absolute atomic E-state index is 12.8. The Balaban J connectivity index is 2.12. The molecule has 4 heteroatoms. The number of carbonyl (C=O) groups is 1. The van der Waals surface area contributed by atoms with Gasteiger partial charge in [-0.1, -0.05) is 25.1 Å². The van der Waals surface area contributed by atoms with Gasteiger partial charge in [0.25, 0.3) is 5.91 Å². The highest BCUT2D eigenvalue weighted by molar-refractivity contribution is 5.95. The number of benzene rings is 1. The van der Waals surface area contributed by atoms with Gasteiger partial charge in [0.2, 0.25) is 0 Å². The molecule has 1 saturated heterocycles. The summed E-state index contributed by atoms with van der Waals surface area (Å²) in [5.74, 6) is 0.188. The van der Waals surface area contributed by atoms with E-state index in [2.05, 4.69) is 30.3 Å². The molecule has 1 unspecified atom stereocenters. The Morgan fingerprint density at radius 1 is 1.33 bits per heavy atom. The molecule has 4 nitrogen and oxygen atoms in total. The van der Waals surface area contributed by atoms with Gasteiger partial charge in [-0.2, -0.15) is 0 Å². The van der Waals surface area contributed by atoms with Crippen molar-refractivity contribution in [1.82, 2.24) is 15.1 Å². The fourth-order valence-corrected chi connectivity index (χ4v) is 2.95. The van der Waals surface area contributed by atoms with Crippen LogP contribution in [0.2, 0.25) is 0 Å². The average molecular weight is 289 g/mol. The highest BCUT2D eigenvalue weighted by Gasteiger charge is 2.27. The number of piperazine rings is 1. The van der Waals surface area contributed by atoms with Gasteiger partial charge in [-0.25, -0.2) is 0 Å². The molecular weight excluding hydrogens is 262 g/mol. The van der Waals surface area contributed by atoms with E-state index in [1.165, 1.54) is 0 Å². The molecule has 1 amide bonds. The van der Waals surface area contributed by atoms with Gasteiger partial charge in [-0.05, 0) is 45.1 Å². The molecule has 1 heterocycles. The van der Waals surface area contributed by atoms with Crippen molar-refractivity contribution in [2.45, 2.75) is 25.8 Å². The molecule has 0 radical (unpaired) electrons. The summed E-state index contributed by atoms with van der Waals surface area (Å²) in [4.78, 5) is 17.2. The minimum atomic E-state index is 0.188. The fraction of sp³-hybridized carbons (Fsp3) is 0.588. The zero-order valence-corrected chi connectivity index (χ0v) is 13.4. The molecule has 21 heavy (non-hydrogen) atoms. The molecule has 0 aromatic heterocycles. The van der Waals surface area contributed by atoms with Gasteiger partial charge < -0.3 is 10.2 Å². The lowest BCUT2D eigenvalue weighted by atomic mass is 10.0. The Bertz CT molecular complexity index is 475. The molecule has 1 N–H and O–H groups in total. The first-order chi connectivity index (χ1) is 10.2. The van der Waals surface area contributed by atoms with Gasteiger partial charge in [0.05, 0.1) is 0 Å². The van der Waals surface area contributed by atoms with E-state index in [0.717, 1.165) is 50.1 Å². The number of hydrogen-bond donors (Lipinski definition) is 1. The number of hydrogen-bond acceptors (Lipinski definition) is 3. The lowest BCUT2D eigenvalue weighted by molar-refractivity contribution is 0.0541. The molecule has 0 bridgehead atoms. The molecule has 116 valence electrons. The summed E-state index contributed by atoms with van der Waals surface area (Å²) in [7, 11) is 4.09. The van der Waals surface area contributed by atoms with Crippen molar-refractivity contribution < 1.29 is 4.79 Å². The van der Waals surface area contributed by atoms with E-state index >= 15 is 0 Å². The van der Waals surface area contributed by atoms with Gasteiger partial charge in [0.1, 0.15) is 0 Å². The van der Waals surface area contributed by atoms with Crippen LogP contribution < -0.4 is 5.32 Å². The van der Waals surface area contributed by atoms with Gasteiger partial charge >= 0.3 is 0 Å². The monoisotopic (exact) mass is 289 g/mol. The summed E-state index contributed by atoms with van der Waals surface area (Å²) in [6.45, 7) is 5.71. The maximum Gasteiger partial charge on any atom is 0.254 e. The van der Waals surface area contributed by atoms with Crippen LogP contribution in [-0.4, -0.2) is 62.0 Å². The van der Waals surface area contributed by atoms with E-state index in [4.69, 9.17) is 0 Å². The minimum Gasteiger partial charge on any atom is -0.336 e. The predicted octanol–water partition coefficient (Wildman–Crippen LogP) is 1.61. The number of amides is 1. The summed E-state index contributed by atoms with van der Waals surface area (Å²) in [6.07, 6.45) is 1.98. The van der Waals surface area contributed by atoms with E-state index in [1.54, 1.807) is 0 Å². The van der Waals surface area contributed by atoms with Crippen LogP contribution in [0.25, 0.3) is 0 Å². The van der Waals surface area contributed by atoms with Crippen molar-refractivity contribution in [3.63, 3.8) is 0 Å². The molecule has 1 aromatic carbocycles. The first kappa shape index (κ1) is 16.0. The van der Waals surface area contributed by atoms with Crippen molar-refractivity contribution in [2.24, 2.45) is 0 Å². The largest absolute Gasteiger partial charge is 0.336 e. The molecule has 0 saturated carbocycles. The molecule has 1 aliphatic rings. The third-order valence-electron chi connectivity index (χ3n) is 4.43. The number of rotatable bonds is 5. The number of likely N-dealkylation sites (N-methyl/N-ethyl adjacent to an activating group) is 2. The Kier molecular flexibility index (Phi) is 5.76. The van der Waals surface area contributed by atoms with E-state index in [0.29, 0.717) is 6.04 Å². The van der Waals surface area contributed by atoms with Crippen molar-refractivity contribution in [1.29, 1.82) is 0 Å². The third kappa shape index (κ3) is 3.83. The van der Waals surface area contributed by atoms with Crippen molar-refractivity contribution in [2.75, 3.05) is 40.3 Å². The molecule has 2 rings (SSSR count). The van der Waals surface area contributed by atoms with E-state index < -0.39 is 0 Å². The SMILES string of the molecule is CCC1CN(C(=O)c2ccccc2CCNC)CCN1C. The number of carbonyl (C=O) groups excluding carboxylic acids is 1. The zero-order valence-electron chi connectivity index (χ0n) is 13.4. The molecule has 1 aromatic rings. The maximum atomic E-state index is 12.8. The van der Waals surface area contributed by atoms with Crippen LogP contribution in [0.15, 0.2) is 24.3 Å². The van der Waals surface area contributed by atoms with Crippen LogP contribution in [0.3, 0.4) is 0 Å². The summed E-state index contributed by atoms with van der Waals surface area (Å²) in [5.41, 5.74) is 2.01. The molecular formula is C17H27N3O. The lowest BCUT2D eigenvalue weighted by Crippen LogP contribution is -2.53. The van der Waals surface area contributed by atoms with Gasteiger partial charge in [0, 0.05) is 31.2 Å². The van der Waals surface area contributed by atoms with Crippen LogP contribution in [0.1, 0.15) is 29.3 Å². The van der Waals surface area contributed by atoms with Gasteiger partial charge in [0.15, 0.2) is 0 Å². The predicted molar refractivity (Wildman–Crippen MR) is 86.7 cm³/mol. The Morgan fingerprint density at radius 2 is 2.10 bits per heavy atom. The third-order valence-corrected chi connectivity index (χ3v) is 4.43. The summed E-state index contributed by atoms with van der Waals surface area (Å²) in [6, 6.07) is 8.49. The lowest BCUT2D eigenvalue weighted by Gasteiger charge is -2.39. The molecule has 1 aliphatic heterocycles. The highest BCUT2D eigenvalue weighted by atomic mass is 16.2. The second-order valence-electron chi connectivity index (χ2n) is 5.80.